The Bertz CT molecular complexity index is 924. The third kappa shape index (κ3) is 6.99. The van der Waals surface area contributed by atoms with Crippen molar-refractivity contribution in [1.82, 2.24) is 19.7 Å². The molecule has 2 aliphatic rings. The summed E-state index contributed by atoms with van der Waals surface area (Å²) in [6, 6.07) is 14.3. The van der Waals surface area contributed by atoms with Crippen molar-refractivity contribution in [3.05, 3.63) is 72.1 Å². The van der Waals surface area contributed by atoms with Gasteiger partial charge in [-0.15, -0.1) is 0 Å². The first-order valence-corrected chi connectivity index (χ1v) is 12.1. The Morgan fingerprint density at radius 3 is 2.55 bits per heavy atom. The summed E-state index contributed by atoms with van der Waals surface area (Å²) in [5.41, 5.74) is 2.25. The number of benzene rings is 1. The van der Waals surface area contributed by atoms with Crippen molar-refractivity contribution in [2.24, 2.45) is 5.92 Å². The van der Waals surface area contributed by atoms with Crippen LogP contribution in [0.4, 0.5) is 0 Å². The van der Waals surface area contributed by atoms with Gasteiger partial charge in [0.2, 0.25) is 11.8 Å². The van der Waals surface area contributed by atoms with E-state index in [9.17, 15) is 9.59 Å². The van der Waals surface area contributed by atoms with Crippen LogP contribution in [0.15, 0.2) is 60.9 Å². The molecule has 2 amide bonds. The SMILES string of the molecule is O=C(/C=C/c1cccnc1)N1CCC[C@@H](CCC(=O)N2CCN(Cc3ccccc3)CC2)C1. The van der Waals surface area contributed by atoms with E-state index in [0.717, 1.165) is 70.6 Å². The van der Waals surface area contributed by atoms with Crippen molar-refractivity contribution in [3.63, 3.8) is 0 Å². The monoisotopic (exact) mass is 446 g/mol. The van der Waals surface area contributed by atoms with Crippen LogP contribution in [0.25, 0.3) is 6.08 Å². The van der Waals surface area contributed by atoms with E-state index in [4.69, 9.17) is 0 Å². The van der Waals surface area contributed by atoms with Gasteiger partial charge in [0.05, 0.1) is 0 Å². The number of rotatable bonds is 7. The van der Waals surface area contributed by atoms with E-state index in [1.165, 1.54) is 5.56 Å². The largest absolute Gasteiger partial charge is 0.340 e. The van der Waals surface area contributed by atoms with Gasteiger partial charge in [-0.05, 0) is 48.4 Å². The molecule has 174 valence electrons. The number of carbonyl (C=O) groups excluding carboxylic acids is 2. The lowest BCUT2D eigenvalue weighted by molar-refractivity contribution is -0.133. The summed E-state index contributed by atoms with van der Waals surface area (Å²) in [6.07, 6.45) is 10.5. The second kappa shape index (κ2) is 11.8. The summed E-state index contributed by atoms with van der Waals surface area (Å²) < 4.78 is 0. The van der Waals surface area contributed by atoms with Crippen molar-refractivity contribution >= 4 is 17.9 Å². The molecule has 0 N–H and O–H groups in total. The Labute approximate surface area is 196 Å². The molecule has 0 aliphatic carbocycles. The molecule has 3 heterocycles. The Morgan fingerprint density at radius 2 is 1.79 bits per heavy atom. The average Bonchev–Trinajstić information content (AvgIpc) is 2.88. The summed E-state index contributed by atoms with van der Waals surface area (Å²) in [6.45, 7) is 5.95. The zero-order valence-electron chi connectivity index (χ0n) is 19.3. The van der Waals surface area contributed by atoms with Crippen molar-refractivity contribution in [1.29, 1.82) is 0 Å². The van der Waals surface area contributed by atoms with Gasteiger partial charge in [0.25, 0.3) is 0 Å². The van der Waals surface area contributed by atoms with E-state index in [0.29, 0.717) is 12.3 Å². The summed E-state index contributed by atoms with van der Waals surface area (Å²) in [5.74, 6) is 0.705. The maximum Gasteiger partial charge on any atom is 0.246 e. The zero-order valence-corrected chi connectivity index (χ0v) is 19.3. The fourth-order valence-electron chi connectivity index (χ4n) is 4.73. The molecule has 6 heteroatoms. The molecule has 0 bridgehead atoms. The molecule has 2 fully saturated rings. The molecule has 1 aromatic heterocycles. The summed E-state index contributed by atoms with van der Waals surface area (Å²) in [4.78, 5) is 35.8. The molecule has 0 radical (unpaired) electrons. The average molecular weight is 447 g/mol. The van der Waals surface area contributed by atoms with Crippen LogP contribution in [-0.2, 0) is 16.1 Å². The van der Waals surface area contributed by atoms with Gasteiger partial charge in [0.15, 0.2) is 0 Å². The molecule has 0 unspecified atom stereocenters. The highest BCUT2D eigenvalue weighted by Crippen LogP contribution is 2.22. The van der Waals surface area contributed by atoms with Crippen molar-refractivity contribution in [2.75, 3.05) is 39.3 Å². The molecule has 2 saturated heterocycles. The topological polar surface area (TPSA) is 56.8 Å². The summed E-state index contributed by atoms with van der Waals surface area (Å²) in [5, 5.41) is 0. The lowest BCUT2D eigenvalue weighted by Gasteiger charge is -2.36. The first kappa shape index (κ1) is 23.2. The van der Waals surface area contributed by atoms with Gasteiger partial charge >= 0.3 is 0 Å². The van der Waals surface area contributed by atoms with Gasteiger partial charge in [0, 0.05) is 70.7 Å². The molecule has 2 aliphatic heterocycles. The third-order valence-corrected chi connectivity index (χ3v) is 6.67. The number of nitrogens with zero attached hydrogens (tertiary/aromatic N) is 4. The van der Waals surface area contributed by atoms with Gasteiger partial charge in [-0.2, -0.15) is 0 Å². The van der Waals surface area contributed by atoms with Crippen LogP contribution < -0.4 is 0 Å². The Hall–Kier alpha value is -2.99. The quantitative estimate of drug-likeness (QED) is 0.612. The maximum absolute atomic E-state index is 12.8. The summed E-state index contributed by atoms with van der Waals surface area (Å²) in [7, 11) is 0. The number of piperazine rings is 1. The molecular weight excluding hydrogens is 412 g/mol. The maximum atomic E-state index is 12.8. The number of piperidine rings is 1. The van der Waals surface area contributed by atoms with E-state index in [1.807, 2.05) is 34.1 Å². The number of hydrogen-bond donors (Lipinski definition) is 0. The number of hydrogen-bond acceptors (Lipinski definition) is 4. The first-order chi connectivity index (χ1) is 16.2. The first-order valence-electron chi connectivity index (χ1n) is 12.1. The highest BCUT2D eigenvalue weighted by atomic mass is 16.2. The van der Waals surface area contributed by atoms with E-state index in [2.05, 4.69) is 34.1 Å². The number of pyridine rings is 1. The minimum absolute atomic E-state index is 0.0458. The smallest absolute Gasteiger partial charge is 0.246 e. The van der Waals surface area contributed by atoms with Crippen molar-refractivity contribution in [2.45, 2.75) is 32.2 Å². The van der Waals surface area contributed by atoms with E-state index in [1.54, 1.807) is 18.5 Å². The molecular formula is C27H34N4O2. The number of amides is 2. The second-order valence-electron chi connectivity index (χ2n) is 9.09. The Balaban J connectivity index is 1.18. The minimum atomic E-state index is 0.0458. The lowest BCUT2D eigenvalue weighted by Crippen LogP contribution is -2.48. The molecule has 33 heavy (non-hydrogen) atoms. The lowest BCUT2D eigenvalue weighted by atomic mass is 9.93. The second-order valence-corrected chi connectivity index (χ2v) is 9.09. The van der Waals surface area contributed by atoms with E-state index >= 15 is 0 Å². The Morgan fingerprint density at radius 1 is 0.970 bits per heavy atom. The fraction of sp³-hybridized carbons (Fsp3) is 0.444. The van der Waals surface area contributed by atoms with Gasteiger partial charge in [-0.1, -0.05) is 36.4 Å². The van der Waals surface area contributed by atoms with Crippen molar-refractivity contribution < 1.29 is 9.59 Å². The normalized spacial score (nSPS) is 19.7. The summed E-state index contributed by atoms with van der Waals surface area (Å²) >= 11 is 0. The van der Waals surface area contributed by atoms with Crippen LogP contribution >= 0.6 is 0 Å². The highest BCUT2D eigenvalue weighted by Gasteiger charge is 2.25. The third-order valence-electron chi connectivity index (χ3n) is 6.67. The standard InChI is InChI=1S/C27H34N4O2/c32-26(30-18-16-29(17-19-30)21-24-6-2-1-3-7-24)13-11-25-9-5-15-31(22-25)27(33)12-10-23-8-4-14-28-20-23/h1-4,6-8,10,12,14,20,25H,5,9,11,13,15-19,21-22H2/b12-10+/t25-/m0/s1. The van der Waals surface area contributed by atoms with Crippen LogP contribution in [0.2, 0.25) is 0 Å². The number of likely N-dealkylation sites (tertiary alicyclic amines) is 1. The minimum Gasteiger partial charge on any atom is -0.340 e. The van der Waals surface area contributed by atoms with Gasteiger partial charge in [0.1, 0.15) is 0 Å². The van der Waals surface area contributed by atoms with Gasteiger partial charge in [-0.25, -0.2) is 0 Å². The fourth-order valence-corrected chi connectivity index (χ4v) is 4.73. The predicted molar refractivity (Wildman–Crippen MR) is 130 cm³/mol. The van der Waals surface area contributed by atoms with E-state index in [-0.39, 0.29) is 11.8 Å². The zero-order chi connectivity index (χ0) is 22.9. The molecule has 0 spiro atoms. The van der Waals surface area contributed by atoms with Gasteiger partial charge < -0.3 is 9.80 Å². The van der Waals surface area contributed by atoms with Crippen molar-refractivity contribution in [3.8, 4) is 0 Å². The molecule has 1 aromatic carbocycles. The predicted octanol–water partition coefficient (Wildman–Crippen LogP) is 3.46. The van der Waals surface area contributed by atoms with Crippen LogP contribution in [-0.4, -0.2) is 70.8 Å². The van der Waals surface area contributed by atoms with Crippen LogP contribution in [0.1, 0.15) is 36.8 Å². The number of aromatic nitrogens is 1. The van der Waals surface area contributed by atoms with E-state index < -0.39 is 0 Å². The molecule has 1 atom stereocenters. The van der Waals surface area contributed by atoms with Crippen LogP contribution in [0, 0.1) is 5.92 Å². The highest BCUT2D eigenvalue weighted by molar-refractivity contribution is 5.91. The number of carbonyl (C=O) groups is 2. The van der Waals surface area contributed by atoms with Crippen LogP contribution in [0.5, 0.6) is 0 Å². The molecule has 4 rings (SSSR count). The van der Waals surface area contributed by atoms with Crippen LogP contribution in [0.3, 0.4) is 0 Å². The van der Waals surface area contributed by atoms with Gasteiger partial charge in [-0.3, -0.25) is 19.5 Å². The molecule has 0 saturated carbocycles. The molecule has 2 aromatic rings. The Kier molecular flexibility index (Phi) is 8.25. The molecule has 6 nitrogen and oxygen atoms in total.